The van der Waals surface area contributed by atoms with E-state index in [9.17, 15) is 18.4 Å². The Hall–Kier alpha value is -5.47. The number of nitrogens with zero attached hydrogens (tertiary/aromatic N) is 9. The van der Waals surface area contributed by atoms with Crippen LogP contribution in [0.4, 0.5) is 19.3 Å². The summed E-state index contributed by atoms with van der Waals surface area (Å²) in [5.74, 6) is 0.491. The Morgan fingerprint density at radius 3 is 2.37 bits per heavy atom. The molecule has 1 aliphatic heterocycles. The van der Waals surface area contributed by atoms with Gasteiger partial charge in [-0.1, -0.05) is 0 Å². The van der Waals surface area contributed by atoms with Gasteiger partial charge in [-0.15, -0.1) is 0 Å². The lowest BCUT2D eigenvalue weighted by Crippen LogP contribution is -2.69. The van der Waals surface area contributed by atoms with Crippen LogP contribution in [0.1, 0.15) is 39.7 Å². The number of hydrogen-bond acceptors (Lipinski definition) is 7. The van der Waals surface area contributed by atoms with Crippen LogP contribution < -0.4 is 15.9 Å². The molecular formula is C34H38F2N10O3. The van der Waals surface area contributed by atoms with E-state index in [1.54, 1.807) is 65.9 Å². The summed E-state index contributed by atoms with van der Waals surface area (Å²) < 4.78 is 43.4. The number of alkyl halides is 2. The Bertz CT molecular complexity index is 2330. The van der Waals surface area contributed by atoms with E-state index in [0.717, 1.165) is 5.69 Å². The number of aromatic nitrogens is 8. The van der Waals surface area contributed by atoms with Gasteiger partial charge >= 0.3 is 11.8 Å². The number of amides is 1. The number of anilines is 1. The van der Waals surface area contributed by atoms with Crippen molar-refractivity contribution in [3.05, 3.63) is 65.2 Å². The second-order valence-corrected chi connectivity index (χ2v) is 14.1. The molecule has 15 heteroatoms. The predicted octanol–water partition coefficient (Wildman–Crippen LogP) is 5.06. The molecule has 0 atom stereocenters. The SMILES string of the molecule is Cn1cc(-c2cc3nc(-c4cncn4C)n(-c4cc(N5CC(C)(NC(=O)OC(C)(C)C)C5)c5c(c4)n(C)c(=O)n5C)c3cc2C(F)F)cn1. The molecule has 5 heterocycles. The third kappa shape index (κ3) is 5.42. The first-order valence-corrected chi connectivity index (χ1v) is 15.8. The van der Waals surface area contributed by atoms with Gasteiger partial charge < -0.3 is 19.5 Å². The van der Waals surface area contributed by atoms with Gasteiger partial charge in [0, 0.05) is 58.6 Å². The minimum Gasteiger partial charge on any atom is -0.444 e. The Labute approximate surface area is 280 Å². The van der Waals surface area contributed by atoms with Crippen LogP contribution in [0.5, 0.6) is 0 Å². The largest absolute Gasteiger partial charge is 0.444 e. The molecule has 0 unspecified atom stereocenters. The van der Waals surface area contributed by atoms with Crippen molar-refractivity contribution < 1.29 is 18.3 Å². The fraction of sp³-hybridized carbons (Fsp3) is 0.382. The summed E-state index contributed by atoms with van der Waals surface area (Å²) >= 11 is 0. The van der Waals surface area contributed by atoms with Gasteiger partial charge in [-0.2, -0.15) is 5.10 Å². The van der Waals surface area contributed by atoms with Crippen molar-refractivity contribution in [1.29, 1.82) is 0 Å². The highest BCUT2D eigenvalue weighted by atomic mass is 19.3. The number of aryl methyl sites for hydroxylation is 4. The maximum absolute atomic E-state index is 14.8. The van der Waals surface area contributed by atoms with Crippen molar-refractivity contribution in [3.8, 4) is 28.3 Å². The second-order valence-electron chi connectivity index (χ2n) is 14.1. The zero-order valence-corrected chi connectivity index (χ0v) is 28.6. The van der Waals surface area contributed by atoms with E-state index >= 15 is 0 Å². The summed E-state index contributed by atoms with van der Waals surface area (Å²) in [5.41, 5.74) is 3.64. The van der Waals surface area contributed by atoms with Crippen LogP contribution >= 0.6 is 0 Å². The maximum Gasteiger partial charge on any atom is 0.408 e. The van der Waals surface area contributed by atoms with Crippen LogP contribution in [0.3, 0.4) is 0 Å². The van der Waals surface area contributed by atoms with E-state index in [-0.39, 0.29) is 11.3 Å². The van der Waals surface area contributed by atoms with E-state index in [4.69, 9.17) is 9.72 Å². The second kappa shape index (κ2) is 11.0. The Kier molecular flexibility index (Phi) is 7.23. The Morgan fingerprint density at radius 2 is 1.76 bits per heavy atom. The smallest absolute Gasteiger partial charge is 0.408 e. The van der Waals surface area contributed by atoms with Crippen LogP contribution in [0.15, 0.2) is 54.0 Å². The molecule has 2 aromatic carbocycles. The number of nitrogens with one attached hydrogen (secondary N) is 1. The highest BCUT2D eigenvalue weighted by Crippen LogP contribution is 2.40. The number of carbonyl (C=O) groups is 1. The molecule has 6 aromatic rings. The molecule has 1 saturated heterocycles. The number of hydrogen-bond donors (Lipinski definition) is 1. The van der Waals surface area contributed by atoms with Crippen molar-refractivity contribution in [2.24, 2.45) is 28.2 Å². The number of imidazole rings is 3. The van der Waals surface area contributed by atoms with Crippen molar-refractivity contribution >= 4 is 33.8 Å². The van der Waals surface area contributed by atoms with Crippen LogP contribution in [0.25, 0.3) is 50.4 Å². The molecule has 256 valence electrons. The predicted molar refractivity (Wildman–Crippen MR) is 182 cm³/mol. The third-order valence-electron chi connectivity index (χ3n) is 8.93. The molecule has 0 spiro atoms. The van der Waals surface area contributed by atoms with Gasteiger partial charge in [0.25, 0.3) is 6.43 Å². The lowest BCUT2D eigenvalue weighted by Gasteiger charge is -2.49. The first-order chi connectivity index (χ1) is 23.0. The standard InChI is InChI=1S/C34H38F2N10O3/c1-33(2,3)49-31(47)40-34(4)16-45(17-34)26-10-20(9-25-28(26)44(8)32(48)43(25)7)46-24-12-22(29(35)36)21(19-13-38-42(6)15-19)11-23(24)39-30(46)27-14-37-18-41(27)5/h9-15,18,29H,16-17H2,1-8H3,(H,40,47). The number of carbonyl (C=O) groups excluding carboxylic acids is 1. The van der Waals surface area contributed by atoms with E-state index in [1.165, 1.54) is 6.07 Å². The molecule has 4 aromatic heterocycles. The summed E-state index contributed by atoms with van der Waals surface area (Å²) in [7, 11) is 6.99. The average molecular weight is 673 g/mol. The topological polar surface area (TPSA) is 122 Å². The van der Waals surface area contributed by atoms with Gasteiger partial charge in [0.1, 0.15) is 11.3 Å². The van der Waals surface area contributed by atoms with Gasteiger partial charge in [0.05, 0.1) is 57.7 Å². The lowest BCUT2D eigenvalue weighted by atomic mass is 9.91. The van der Waals surface area contributed by atoms with Crippen molar-refractivity contribution in [2.45, 2.75) is 45.3 Å². The van der Waals surface area contributed by atoms with E-state index < -0.39 is 23.7 Å². The van der Waals surface area contributed by atoms with Crippen LogP contribution in [-0.4, -0.2) is 68.3 Å². The summed E-state index contributed by atoms with van der Waals surface area (Å²) in [4.78, 5) is 37.3. The van der Waals surface area contributed by atoms with E-state index in [0.29, 0.717) is 63.5 Å². The zero-order valence-electron chi connectivity index (χ0n) is 28.6. The number of rotatable bonds is 6. The summed E-state index contributed by atoms with van der Waals surface area (Å²) in [6, 6.07) is 6.96. The molecule has 1 N–H and O–H groups in total. The van der Waals surface area contributed by atoms with Crippen molar-refractivity contribution in [3.63, 3.8) is 0 Å². The average Bonchev–Trinajstić information content (AvgIpc) is 3.76. The van der Waals surface area contributed by atoms with Crippen LogP contribution in [0, 0.1) is 0 Å². The zero-order chi connectivity index (χ0) is 35.2. The van der Waals surface area contributed by atoms with Gasteiger partial charge in [0.15, 0.2) is 5.82 Å². The normalized spacial score (nSPS) is 14.6. The summed E-state index contributed by atoms with van der Waals surface area (Å²) in [5, 5.41) is 7.18. The van der Waals surface area contributed by atoms with Gasteiger partial charge in [-0.05, 0) is 57.5 Å². The van der Waals surface area contributed by atoms with Gasteiger partial charge in [0.2, 0.25) is 0 Å². The monoisotopic (exact) mass is 672 g/mol. The summed E-state index contributed by atoms with van der Waals surface area (Å²) in [6.45, 7) is 8.25. The Balaban J connectivity index is 1.43. The molecule has 0 aliphatic carbocycles. The molecule has 1 fully saturated rings. The molecule has 13 nitrogen and oxygen atoms in total. The number of ether oxygens (including phenoxy) is 1. The number of alkyl carbamates (subject to hydrolysis) is 1. The van der Waals surface area contributed by atoms with Crippen molar-refractivity contribution in [2.75, 3.05) is 18.0 Å². The van der Waals surface area contributed by atoms with E-state index in [1.807, 2.05) is 56.0 Å². The molecule has 0 bridgehead atoms. The Morgan fingerprint density at radius 1 is 1.02 bits per heavy atom. The molecular weight excluding hydrogens is 634 g/mol. The lowest BCUT2D eigenvalue weighted by molar-refractivity contribution is 0.0445. The molecule has 7 rings (SSSR count). The quantitative estimate of drug-likeness (QED) is 0.263. The van der Waals surface area contributed by atoms with Crippen LogP contribution in [-0.2, 0) is 32.9 Å². The highest BCUT2D eigenvalue weighted by Gasteiger charge is 2.42. The van der Waals surface area contributed by atoms with Crippen molar-refractivity contribution in [1.82, 2.24) is 43.3 Å². The molecule has 0 radical (unpaired) electrons. The summed E-state index contributed by atoms with van der Waals surface area (Å²) in [6.07, 6.45) is 3.30. The first-order valence-electron chi connectivity index (χ1n) is 15.8. The van der Waals surface area contributed by atoms with Gasteiger partial charge in [-0.25, -0.2) is 28.3 Å². The highest BCUT2D eigenvalue weighted by molar-refractivity contribution is 5.95. The number of fused-ring (bicyclic) bond motifs is 2. The maximum atomic E-state index is 14.8. The minimum absolute atomic E-state index is 0.154. The fourth-order valence-corrected chi connectivity index (χ4v) is 6.72. The molecule has 1 aliphatic rings. The first kappa shape index (κ1) is 32.1. The van der Waals surface area contributed by atoms with Gasteiger partial charge in [-0.3, -0.25) is 18.4 Å². The number of halogens is 2. The van der Waals surface area contributed by atoms with Crippen LogP contribution in [0.2, 0.25) is 0 Å². The third-order valence-corrected chi connectivity index (χ3v) is 8.93. The molecule has 0 saturated carbocycles. The fourth-order valence-electron chi connectivity index (χ4n) is 6.72. The number of benzene rings is 2. The molecule has 49 heavy (non-hydrogen) atoms. The van der Waals surface area contributed by atoms with E-state index in [2.05, 4.69) is 20.3 Å². The molecule has 1 amide bonds. The minimum atomic E-state index is -2.77.